The molecular weight excluding hydrogens is 253 g/mol. The summed E-state index contributed by atoms with van der Waals surface area (Å²) in [6, 6.07) is 2.12. The highest BCUT2D eigenvalue weighted by Gasteiger charge is 2.25. The summed E-state index contributed by atoms with van der Waals surface area (Å²) in [5.74, 6) is 1.54. The third-order valence-electron chi connectivity index (χ3n) is 4.55. The van der Waals surface area contributed by atoms with Gasteiger partial charge >= 0.3 is 0 Å². The molecule has 0 unspecified atom stereocenters. The van der Waals surface area contributed by atoms with Crippen LogP contribution in [0.5, 0.6) is 0 Å². The van der Waals surface area contributed by atoms with Gasteiger partial charge in [0.1, 0.15) is 11.6 Å². The molecule has 1 aliphatic carbocycles. The Morgan fingerprint density at radius 3 is 2.65 bits per heavy atom. The van der Waals surface area contributed by atoms with Crippen molar-refractivity contribution < 1.29 is 4.39 Å². The molecule has 1 aromatic heterocycles. The Morgan fingerprint density at radius 2 is 2.05 bits per heavy atom. The maximum absolute atomic E-state index is 13.4. The summed E-state index contributed by atoms with van der Waals surface area (Å²) in [7, 11) is 3.97. The Labute approximate surface area is 121 Å². The van der Waals surface area contributed by atoms with Crippen LogP contribution in [-0.2, 0) is 6.54 Å². The Balaban J connectivity index is 2.10. The fourth-order valence-corrected chi connectivity index (χ4v) is 3.23. The van der Waals surface area contributed by atoms with E-state index in [1.807, 2.05) is 7.05 Å². The number of nitrogens with one attached hydrogen (secondary N) is 1. The number of hydrogen-bond donors (Lipinski definition) is 1. The van der Waals surface area contributed by atoms with Crippen molar-refractivity contribution in [2.75, 3.05) is 19.0 Å². The molecule has 0 spiro atoms. The van der Waals surface area contributed by atoms with Crippen molar-refractivity contribution in [2.24, 2.45) is 5.92 Å². The van der Waals surface area contributed by atoms with Crippen LogP contribution >= 0.6 is 0 Å². The van der Waals surface area contributed by atoms with Crippen LogP contribution in [0.1, 0.15) is 44.6 Å². The lowest BCUT2D eigenvalue weighted by atomic mass is 9.84. The van der Waals surface area contributed by atoms with Crippen LogP contribution in [-0.4, -0.2) is 25.1 Å². The van der Waals surface area contributed by atoms with Crippen molar-refractivity contribution in [1.82, 2.24) is 10.3 Å². The molecule has 3 nitrogen and oxygen atoms in total. The van der Waals surface area contributed by atoms with E-state index < -0.39 is 0 Å². The Hall–Kier alpha value is -1.16. The van der Waals surface area contributed by atoms with Crippen LogP contribution in [0.15, 0.2) is 12.3 Å². The molecule has 4 heteroatoms. The molecule has 0 radical (unpaired) electrons. The first-order valence-corrected chi connectivity index (χ1v) is 7.67. The van der Waals surface area contributed by atoms with Crippen molar-refractivity contribution in [3.05, 3.63) is 23.6 Å². The standard InChI is InChI=1S/C16H26FN3/c1-4-12-5-7-15(8-6-12)20(3)16-13(10-18-2)9-14(17)11-19-16/h9,11-12,15,18H,4-8,10H2,1-3H3. The van der Waals surface area contributed by atoms with E-state index in [9.17, 15) is 4.39 Å². The van der Waals surface area contributed by atoms with E-state index in [1.165, 1.54) is 38.3 Å². The molecule has 2 rings (SSSR count). The molecule has 1 aliphatic rings. The number of anilines is 1. The number of aromatic nitrogens is 1. The molecule has 0 amide bonds. The van der Waals surface area contributed by atoms with Crippen molar-refractivity contribution >= 4 is 5.82 Å². The largest absolute Gasteiger partial charge is 0.356 e. The lowest BCUT2D eigenvalue weighted by Gasteiger charge is -2.36. The molecule has 1 N–H and O–H groups in total. The number of rotatable bonds is 5. The van der Waals surface area contributed by atoms with Gasteiger partial charge in [0.25, 0.3) is 0 Å². The minimum absolute atomic E-state index is 0.262. The van der Waals surface area contributed by atoms with E-state index in [2.05, 4.69) is 29.2 Å². The van der Waals surface area contributed by atoms with Gasteiger partial charge in [0.15, 0.2) is 0 Å². The average Bonchev–Trinajstić information content (AvgIpc) is 2.47. The first kappa shape index (κ1) is 15.2. The van der Waals surface area contributed by atoms with Gasteiger partial charge in [-0.3, -0.25) is 0 Å². The van der Waals surface area contributed by atoms with Gasteiger partial charge < -0.3 is 10.2 Å². The highest BCUT2D eigenvalue weighted by atomic mass is 19.1. The SMILES string of the molecule is CCC1CCC(N(C)c2ncc(F)cc2CNC)CC1. The molecule has 0 aromatic carbocycles. The molecule has 0 aliphatic heterocycles. The van der Waals surface area contributed by atoms with Gasteiger partial charge in [0.2, 0.25) is 0 Å². The Kier molecular flexibility index (Phi) is 5.35. The molecule has 1 aromatic rings. The van der Waals surface area contributed by atoms with Crippen molar-refractivity contribution in [2.45, 2.75) is 51.6 Å². The minimum atomic E-state index is -0.262. The van der Waals surface area contributed by atoms with Crippen LogP contribution in [0.3, 0.4) is 0 Å². The molecule has 1 saturated carbocycles. The van der Waals surface area contributed by atoms with Crippen LogP contribution in [0.4, 0.5) is 10.2 Å². The lowest BCUT2D eigenvalue weighted by molar-refractivity contribution is 0.312. The van der Waals surface area contributed by atoms with Crippen molar-refractivity contribution in [3.8, 4) is 0 Å². The van der Waals surface area contributed by atoms with Gasteiger partial charge in [0.05, 0.1) is 6.20 Å². The Morgan fingerprint density at radius 1 is 1.35 bits per heavy atom. The lowest BCUT2D eigenvalue weighted by Crippen LogP contribution is -2.36. The highest BCUT2D eigenvalue weighted by Crippen LogP contribution is 2.31. The van der Waals surface area contributed by atoms with E-state index >= 15 is 0 Å². The van der Waals surface area contributed by atoms with Crippen LogP contribution in [0, 0.1) is 11.7 Å². The van der Waals surface area contributed by atoms with Crippen LogP contribution in [0.2, 0.25) is 0 Å². The summed E-state index contributed by atoms with van der Waals surface area (Å²) in [6.07, 6.45) is 7.64. The monoisotopic (exact) mass is 279 g/mol. The quantitative estimate of drug-likeness (QED) is 0.896. The van der Waals surface area contributed by atoms with Gasteiger partial charge in [-0.05, 0) is 44.7 Å². The highest BCUT2D eigenvalue weighted by molar-refractivity contribution is 5.47. The second-order valence-corrected chi connectivity index (χ2v) is 5.86. The van der Waals surface area contributed by atoms with Gasteiger partial charge in [-0.25, -0.2) is 9.37 Å². The van der Waals surface area contributed by atoms with E-state index in [0.717, 1.165) is 17.3 Å². The van der Waals surface area contributed by atoms with Crippen molar-refractivity contribution in [1.29, 1.82) is 0 Å². The number of nitrogens with zero attached hydrogens (tertiary/aromatic N) is 2. The zero-order valence-electron chi connectivity index (χ0n) is 12.8. The van der Waals surface area contributed by atoms with Gasteiger partial charge in [-0.15, -0.1) is 0 Å². The van der Waals surface area contributed by atoms with Crippen LogP contribution < -0.4 is 10.2 Å². The summed E-state index contributed by atoms with van der Waals surface area (Å²) >= 11 is 0. The zero-order valence-corrected chi connectivity index (χ0v) is 12.8. The fraction of sp³-hybridized carbons (Fsp3) is 0.688. The predicted molar refractivity (Wildman–Crippen MR) is 81.4 cm³/mol. The van der Waals surface area contributed by atoms with E-state index in [1.54, 1.807) is 6.07 Å². The molecule has 0 bridgehead atoms. The molecule has 1 heterocycles. The summed E-state index contributed by atoms with van der Waals surface area (Å²) in [4.78, 5) is 6.57. The summed E-state index contributed by atoms with van der Waals surface area (Å²) in [6.45, 7) is 2.93. The average molecular weight is 279 g/mol. The summed E-state index contributed by atoms with van der Waals surface area (Å²) in [5.41, 5.74) is 0.938. The van der Waals surface area contributed by atoms with Gasteiger partial charge in [0, 0.05) is 25.2 Å². The van der Waals surface area contributed by atoms with E-state index in [4.69, 9.17) is 0 Å². The zero-order chi connectivity index (χ0) is 14.5. The minimum Gasteiger partial charge on any atom is -0.356 e. The molecule has 0 saturated heterocycles. The molecule has 0 atom stereocenters. The number of hydrogen-bond acceptors (Lipinski definition) is 3. The third kappa shape index (κ3) is 3.48. The number of pyridine rings is 1. The second kappa shape index (κ2) is 7.02. The van der Waals surface area contributed by atoms with E-state index in [-0.39, 0.29) is 5.82 Å². The van der Waals surface area contributed by atoms with Crippen LogP contribution in [0.25, 0.3) is 0 Å². The maximum Gasteiger partial charge on any atom is 0.141 e. The van der Waals surface area contributed by atoms with E-state index in [0.29, 0.717) is 12.6 Å². The Bertz CT molecular complexity index is 428. The molecule has 20 heavy (non-hydrogen) atoms. The third-order valence-corrected chi connectivity index (χ3v) is 4.55. The van der Waals surface area contributed by atoms with Gasteiger partial charge in [-0.2, -0.15) is 0 Å². The molecular formula is C16H26FN3. The summed E-state index contributed by atoms with van der Waals surface area (Å²) < 4.78 is 13.4. The van der Waals surface area contributed by atoms with Gasteiger partial charge in [-0.1, -0.05) is 13.3 Å². The number of halogens is 1. The predicted octanol–water partition coefficient (Wildman–Crippen LogP) is 3.35. The fourth-order valence-electron chi connectivity index (χ4n) is 3.23. The topological polar surface area (TPSA) is 28.2 Å². The first-order valence-electron chi connectivity index (χ1n) is 7.67. The first-order chi connectivity index (χ1) is 9.65. The smallest absolute Gasteiger partial charge is 0.141 e. The normalized spacial score (nSPS) is 22.8. The molecule has 112 valence electrons. The maximum atomic E-state index is 13.4. The second-order valence-electron chi connectivity index (χ2n) is 5.86. The van der Waals surface area contributed by atoms with Crippen molar-refractivity contribution in [3.63, 3.8) is 0 Å². The summed E-state index contributed by atoms with van der Waals surface area (Å²) in [5, 5.41) is 3.09. The molecule has 1 fully saturated rings.